The quantitative estimate of drug-likeness (QED) is 0.391. The number of nitrogens with zero attached hydrogens (tertiary/aromatic N) is 3. The van der Waals surface area contributed by atoms with Crippen LogP contribution in [-0.4, -0.2) is 20.6 Å². The largest absolute Gasteiger partial charge is 0.416 e. The molecule has 0 saturated heterocycles. The zero-order chi connectivity index (χ0) is 24.7. The summed E-state index contributed by atoms with van der Waals surface area (Å²) >= 11 is 0. The molecule has 5 rings (SSSR count). The van der Waals surface area contributed by atoms with E-state index < -0.39 is 17.3 Å². The number of nitrogens with one attached hydrogen (secondary N) is 1. The maximum Gasteiger partial charge on any atom is 0.416 e. The summed E-state index contributed by atoms with van der Waals surface area (Å²) in [4.78, 5) is 30.3. The average molecular weight is 478 g/mol. The molecule has 3 heterocycles. The molecule has 5 aromatic rings. The molecule has 2 aromatic carbocycles. The Kier molecular flexibility index (Phi) is 5.35. The first-order valence-electron chi connectivity index (χ1n) is 10.6. The van der Waals surface area contributed by atoms with Gasteiger partial charge in [-0.25, -0.2) is 0 Å². The summed E-state index contributed by atoms with van der Waals surface area (Å²) in [5, 5.41) is 7.37. The Balaban J connectivity index is 1.60. The van der Waals surface area contributed by atoms with Gasteiger partial charge in [0, 0.05) is 22.8 Å². The fourth-order valence-corrected chi connectivity index (χ4v) is 3.92. The summed E-state index contributed by atoms with van der Waals surface area (Å²) in [6.07, 6.45) is -1.69. The van der Waals surface area contributed by atoms with Crippen molar-refractivity contribution in [3.63, 3.8) is 0 Å². The fraction of sp³-hybridized carbons (Fsp3) is 0.120. The monoisotopic (exact) mass is 478 g/mol. The van der Waals surface area contributed by atoms with Crippen LogP contribution in [-0.2, 0) is 6.18 Å². The molecular formula is C25H17F3N4O3. The molecule has 0 spiro atoms. The Labute approximate surface area is 195 Å². The molecule has 0 bridgehead atoms. The smallest absolute Gasteiger partial charge is 0.363 e. The summed E-state index contributed by atoms with van der Waals surface area (Å²) in [6, 6.07) is 14.0. The highest BCUT2D eigenvalue weighted by atomic mass is 19.4. The van der Waals surface area contributed by atoms with Gasteiger partial charge in [0.2, 0.25) is 0 Å². The zero-order valence-electron chi connectivity index (χ0n) is 18.2. The van der Waals surface area contributed by atoms with E-state index in [1.165, 1.54) is 29.0 Å². The molecule has 0 aliphatic carbocycles. The Morgan fingerprint density at radius 1 is 1.06 bits per heavy atom. The average Bonchev–Trinajstić information content (AvgIpc) is 3.35. The molecule has 1 atom stereocenters. The third-order valence-corrected chi connectivity index (χ3v) is 5.69. The van der Waals surface area contributed by atoms with Crippen LogP contribution in [0.15, 0.2) is 82.4 Å². The number of amides is 1. The third-order valence-electron chi connectivity index (χ3n) is 5.69. The van der Waals surface area contributed by atoms with Gasteiger partial charge >= 0.3 is 6.18 Å². The van der Waals surface area contributed by atoms with Gasteiger partial charge in [-0.05, 0) is 61.5 Å². The lowest BCUT2D eigenvalue weighted by Crippen LogP contribution is -2.27. The molecule has 0 saturated carbocycles. The summed E-state index contributed by atoms with van der Waals surface area (Å²) in [7, 11) is 0. The molecular weight excluding hydrogens is 461 g/mol. The maximum absolute atomic E-state index is 13.2. The SMILES string of the molecule is C[C@H](NC(=O)c1ccc2c(c1)c1nocc1c(=O)n2-c1ccc(C(F)(F)F)cc1)c1ccccn1. The van der Waals surface area contributed by atoms with Gasteiger partial charge in [0.05, 0.1) is 22.8 Å². The van der Waals surface area contributed by atoms with E-state index in [1.54, 1.807) is 37.4 Å². The van der Waals surface area contributed by atoms with Gasteiger partial charge in [0.1, 0.15) is 17.2 Å². The molecule has 3 aromatic heterocycles. The number of hydrogen-bond donors (Lipinski definition) is 1. The van der Waals surface area contributed by atoms with E-state index in [0.717, 1.165) is 12.1 Å². The minimum absolute atomic E-state index is 0.136. The van der Waals surface area contributed by atoms with Gasteiger partial charge in [0.15, 0.2) is 0 Å². The van der Waals surface area contributed by atoms with Crippen molar-refractivity contribution >= 4 is 27.7 Å². The molecule has 176 valence electrons. The topological polar surface area (TPSA) is 90.0 Å². The highest BCUT2D eigenvalue weighted by Gasteiger charge is 2.30. The van der Waals surface area contributed by atoms with E-state index in [1.807, 2.05) is 6.07 Å². The Morgan fingerprint density at radius 3 is 2.51 bits per heavy atom. The fourth-order valence-electron chi connectivity index (χ4n) is 3.92. The van der Waals surface area contributed by atoms with E-state index >= 15 is 0 Å². The Morgan fingerprint density at radius 2 is 1.83 bits per heavy atom. The second-order valence-electron chi connectivity index (χ2n) is 7.94. The molecule has 0 aliphatic rings. The molecule has 0 radical (unpaired) electrons. The third kappa shape index (κ3) is 4.03. The normalized spacial score (nSPS) is 12.7. The van der Waals surface area contributed by atoms with E-state index in [4.69, 9.17) is 4.52 Å². The second-order valence-corrected chi connectivity index (χ2v) is 7.94. The van der Waals surface area contributed by atoms with Crippen molar-refractivity contribution in [1.82, 2.24) is 20.0 Å². The predicted molar refractivity (Wildman–Crippen MR) is 122 cm³/mol. The van der Waals surface area contributed by atoms with Gasteiger partial charge in [-0.2, -0.15) is 13.2 Å². The summed E-state index contributed by atoms with van der Waals surface area (Å²) in [6.45, 7) is 1.80. The van der Waals surface area contributed by atoms with Gasteiger partial charge in [-0.3, -0.25) is 19.1 Å². The molecule has 1 N–H and O–H groups in total. The van der Waals surface area contributed by atoms with Crippen LogP contribution in [0.3, 0.4) is 0 Å². The first-order chi connectivity index (χ1) is 16.7. The minimum atomic E-state index is -4.50. The van der Waals surface area contributed by atoms with Crippen LogP contribution in [0.5, 0.6) is 0 Å². The Bertz CT molecular complexity index is 1610. The number of alkyl halides is 3. The number of pyridine rings is 2. The van der Waals surface area contributed by atoms with Crippen LogP contribution in [0.25, 0.3) is 27.5 Å². The van der Waals surface area contributed by atoms with Crippen LogP contribution in [0.1, 0.15) is 34.6 Å². The van der Waals surface area contributed by atoms with Crippen molar-refractivity contribution in [3.8, 4) is 5.69 Å². The Hall–Kier alpha value is -4.47. The minimum Gasteiger partial charge on any atom is -0.363 e. The van der Waals surface area contributed by atoms with Crippen LogP contribution < -0.4 is 10.9 Å². The highest BCUT2D eigenvalue weighted by Crippen LogP contribution is 2.31. The molecule has 1 amide bonds. The summed E-state index contributed by atoms with van der Waals surface area (Å²) < 4.78 is 45.3. The second kappa shape index (κ2) is 8.39. The number of hydrogen-bond acceptors (Lipinski definition) is 5. The van der Waals surface area contributed by atoms with Crippen molar-refractivity contribution in [3.05, 3.63) is 100 Å². The number of fused-ring (bicyclic) bond motifs is 3. The van der Waals surface area contributed by atoms with E-state index in [2.05, 4.69) is 15.5 Å². The predicted octanol–water partition coefficient (Wildman–Crippen LogP) is 5.04. The van der Waals surface area contributed by atoms with Crippen molar-refractivity contribution in [2.24, 2.45) is 0 Å². The zero-order valence-corrected chi connectivity index (χ0v) is 18.2. The number of aromatic nitrogens is 3. The van der Waals surface area contributed by atoms with Gasteiger partial charge < -0.3 is 9.84 Å². The summed E-state index contributed by atoms with van der Waals surface area (Å²) in [5.74, 6) is -0.367. The van der Waals surface area contributed by atoms with E-state index in [0.29, 0.717) is 22.2 Å². The number of rotatable bonds is 4. The molecule has 0 fully saturated rings. The number of halogens is 3. The van der Waals surface area contributed by atoms with Crippen molar-refractivity contribution < 1.29 is 22.5 Å². The first kappa shape index (κ1) is 22.3. The molecule has 35 heavy (non-hydrogen) atoms. The number of benzene rings is 2. The number of carbonyl (C=O) groups is 1. The molecule has 0 aliphatic heterocycles. The molecule has 7 nitrogen and oxygen atoms in total. The van der Waals surface area contributed by atoms with Crippen molar-refractivity contribution in [2.75, 3.05) is 0 Å². The lowest BCUT2D eigenvalue weighted by atomic mass is 10.1. The van der Waals surface area contributed by atoms with Gasteiger partial charge in [-0.1, -0.05) is 11.2 Å². The van der Waals surface area contributed by atoms with Crippen LogP contribution in [0.2, 0.25) is 0 Å². The van der Waals surface area contributed by atoms with E-state index in [-0.39, 0.29) is 28.5 Å². The number of carbonyl (C=O) groups excluding carboxylic acids is 1. The molecule has 10 heteroatoms. The highest BCUT2D eigenvalue weighted by molar-refractivity contribution is 6.07. The standard InChI is InChI=1S/C25H17F3N4O3/c1-14(20-4-2-3-11-29-20)30-23(33)15-5-10-21-18(12-15)22-19(13-35-31-22)24(34)32(21)17-8-6-16(7-9-17)25(26,27)28/h2-14H,1H3,(H,30,33)/t14-/m0/s1. The lowest BCUT2D eigenvalue weighted by molar-refractivity contribution is -0.137. The van der Waals surface area contributed by atoms with Gasteiger partial charge in [-0.15, -0.1) is 0 Å². The van der Waals surface area contributed by atoms with Crippen LogP contribution in [0.4, 0.5) is 13.2 Å². The van der Waals surface area contributed by atoms with Gasteiger partial charge in [0.25, 0.3) is 11.5 Å². The maximum atomic E-state index is 13.2. The van der Waals surface area contributed by atoms with Crippen LogP contribution >= 0.6 is 0 Å². The van der Waals surface area contributed by atoms with Crippen LogP contribution in [0, 0.1) is 0 Å². The summed E-state index contributed by atoms with van der Waals surface area (Å²) in [5.41, 5.74) is 0.516. The van der Waals surface area contributed by atoms with Crippen molar-refractivity contribution in [2.45, 2.75) is 19.1 Å². The lowest BCUT2D eigenvalue weighted by Gasteiger charge is -2.15. The van der Waals surface area contributed by atoms with Crippen molar-refractivity contribution in [1.29, 1.82) is 0 Å². The van der Waals surface area contributed by atoms with E-state index in [9.17, 15) is 22.8 Å². The molecule has 0 unspecified atom stereocenters. The first-order valence-corrected chi connectivity index (χ1v) is 10.6.